The number of hydrogen-bond acceptors (Lipinski definition) is 4. The largest absolute Gasteiger partial charge is 0.389 e. The molecule has 0 radical (unpaired) electrons. The Hall–Kier alpha value is -0.630. The number of hydrogen-bond donors (Lipinski definition) is 1. The summed E-state index contributed by atoms with van der Waals surface area (Å²) in [5.41, 5.74) is 6.11. The summed E-state index contributed by atoms with van der Waals surface area (Å²) in [6, 6.07) is 6.51. The molecule has 0 unspecified atom stereocenters. The average molecular weight is 302 g/mol. The van der Waals surface area contributed by atoms with Gasteiger partial charge in [0.2, 0.25) is 10.0 Å². The number of nitrogens with two attached hydrogens (primary N) is 1. The minimum Gasteiger partial charge on any atom is -0.389 e. The van der Waals surface area contributed by atoms with E-state index in [0.717, 1.165) is 11.5 Å². The van der Waals surface area contributed by atoms with Crippen LogP contribution in [0.25, 0.3) is 0 Å². The second kappa shape index (κ2) is 5.56. The van der Waals surface area contributed by atoms with Crippen molar-refractivity contribution in [2.45, 2.75) is 4.90 Å². The van der Waals surface area contributed by atoms with E-state index in [1.54, 1.807) is 36.0 Å². The maximum atomic E-state index is 12.4. The van der Waals surface area contributed by atoms with E-state index in [-0.39, 0.29) is 9.88 Å². The molecule has 1 heterocycles. The van der Waals surface area contributed by atoms with Gasteiger partial charge in [0, 0.05) is 30.2 Å². The van der Waals surface area contributed by atoms with Crippen molar-refractivity contribution in [3.05, 3.63) is 29.8 Å². The van der Waals surface area contributed by atoms with Gasteiger partial charge in [0.05, 0.1) is 4.90 Å². The fourth-order valence-electron chi connectivity index (χ4n) is 1.75. The van der Waals surface area contributed by atoms with Crippen LogP contribution in [0.4, 0.5) is 0 Å². The highest BCUT2D eigenvalue weighted by Crippen LogP contribution is 2.20. The number of benzene rings is 1. The van der Waals surface area contributed by atoms with E-state index in [2.05, 4.69) is 0 Å². The average Bonchev–Trinajstić information content (AvgIpc) is 2.40. The van der Waals surface area contributed by atoms with Crippen molar-refractivity contribution in [2.24, 2.45) is 5.73 Å². The van der Waals surface area contributed by atoms with E-state index in [1.165, 1.54) is 4.31 Å². The molecule has 7 heteroatoms. The number of sulfonamides is 1. The van der Waals surface area contributed by atoms with Crippen LogP contribution >= 0.6 is 24.0 Å². The first-order valence-corrected chi connectivity index (χ1v) is 8.50. The Morgan fingerprint density at radius 3 is 2.61 bits per heavy atom. The Balaban J connectivity index is 2.34. The topological polar surface area (TPSA) is 63.4 Å². The molecule has 0 amide bonds. The SMILES string of the molecule is NC(=S)c1cccc(S(=O)(=O)N2CCSCC2)c1. The van der Waals surface area contributed by atoms with Crippen molar-refractivity contribution in [1.82, 2.24) is 4.31 Å². The molecule has 1 aliphatic rings. The summed E-state index contributed by atoms with van der Waals surface area (Å²) in [5.74, 6) is 1.68. The van der Waals surface area contributed by atoms with Crippen molar-refractivity contribution >= 4 is 39.0 Å². The van der Waals surface area contributed by atoms with Crippen LogP contribution < -0.4 is 5.73 Å². The predicted molar refractivity (Wildman–Crippen MR) is 78.4 cm³/mol. The van der Waals surface area contributed by atoms with Gasteiger partial charge in [-0.05, 0) is 12.1 Å². The quantitative estimate of drug-likeness (QED) is 0.846. The lowest BCUT2D eigenvalue weighted by molar-refractivity contribution is 0.443. The third kappa shape index (κ3) is 2.85. The first kappa shape index (κ1) is 13.8. The summed E-state index contributed by atoms with van der Waals surface area (Å²) in [6.45, 7) is 1.12. The van der Waals surface area contributed by atoms with Crippen molar-refractivity contribution in [3.8, 4) is 0 Å². The molecule has 1 aromatic rings. The van der Waals surface area contributed by atoms with Crippen LogP contribution in [0.5, 0.6) is 0 Å². The van der Waals surface area contributed by atoms with Gasteiger partial charge in [0.15, 0.2) is 0 Å². The Bertz CT molecular complexity index is 551. The van der Waals surface area contributed by atoms with Gasteiger partial charge >= 0.3 is 0 Å². The molecule has 1 saturated heterocycles. The summed E-state index contributed by atoms with van der Waals surface area (Å²) in [6.07, 6.45) is 0. The summed E-state index contributed by atoms with van der Waals surface area (Å²) in [7, 11) is -3.41. The molecule has 2 rings (SSSR count). The van der Waals surface area contributed by atoms with E-state index < -0.39 is 10.0 Å². The molecule has 0 spiro atoms. The predicted octanol–water partition coefficient (Wildman–Crippen LogP) is 1.06. The Morgan fingerprint density at radius 1 is 1.33 bits per heavy atom. The molecule has 18 heavy (non-hydrogen) atoms. The Labute approximate surface area is 117 Å². The maximum Gasteiger partial charge on any atom is 0.243 e. The highest BCUT2D eigenvalue weighted by Gasteiger charge is 2.26. The molecule has 0 saturated carbocycles. The van der Waals surface area contributed by atoms with E-state index >= 15 is 0 Å². The highest BCUT2D eigenvalue weighted by atomic mass is 32.2. The van der Waals surface area contributed by atoms with Gasteiger partial charge in [-0.15, -0.1) is 0 Å². The minimum atomic E-state index is -3.41. The van der Waals surface area contributed by atoms with Gasteiger partial charge in [0.25, 0.3) is 0 Å². The maximum absolute atomic E-state index is 12.4. The molecule has 1 aromatic carbocycles. The third-order valence-corrected chi connectivity index (χ3v) is 5.80. The minimum absolute atomic E-state index is 0.209. The molecule has 98 valence electrons. The molecular formula is C11H14N2O2S3. The third-order valence-electron chi connectivity index (χ3n) is 2.73. The lowest BCUT2D eigenvalue weighted by Gasteiger charge is -2.25. The smallest absolute Gasteiger partial charge is 0.243 e. The molecule has 0 bridgehead atoms. The molecule has 0 aromatic heterocycles. The van der Waals surface area contributed by atoms with Crippen LogP contribution in [0.1, 0.15) is 5.56 Å². The standard InChI is InChI=1S/C11H14N2O2S3/c12-11(16)9-2-1-3-10(8-9)18(14,15)13-4-6-17-7-5-13/h1-3,8H,4-7H2,(H2,12,16). The Kier molecular flexibility index (Phi) is 4.26. The first-order valence-electron chi connectivity index (χ1n) is 5.49. The summed E-state index contributed by atoms with van der Waals surface area (Å²) in [5, 5.41) is 0. The highest BCUT2D eigenvalue weighted by molar-refractivity contribution is 7.99. The fraction of sp³-hybridized carbons (Fsp3) is 0.364. The second-order valence-corrected chi connectivity index (χ2v) is 7.51. The summed E-state index contributed by atoms with van der Waals surface area (Å²) >= 11 is 6.64. The number of nitrogens with zero attached hydrogens (tertiary/aromatic N) is 1. The van der Waals surface area contributed by atoms with Crippen molar-refractivity contribution in [2.75, 3.05) is 24.6 Å². The normalized spacial score (nSPS) is 17.6. The van der Waals surface area contributed by atoms with E-state index in [4.69, 9.17) is 18.0 Å². The zero-order valence-electron chi connectivity index (χ0n) is 9.70. The van der Waals surface area contributed by atoms with Crippen molar-refractivity contribution < 1.29 is 8.42 Å². The molecule has 0 atom stereocenters. The van der Waals surface area contributed by atoms with Gasteiger partial charge in [-0.3, -0.25) is 0 Å². The van der Waals surface area contributed by atoms with Crippen LogP contribution in [0.3, 0.4) is 0 Å². The summed E-state index contributed by atoms with van der Waals surface area (Å²) in [4.78, 5) is 0.473. The summed E-state index contributed by atoms with van der Waals surface area (Å²) < 4.78 is 26.3. The monoisotopic (exact) mass is 302 g/mol. The van der Waals surface area contributed by atoms with Gasteiger partial charge in [-0.25, -0.2) is 8.42 Å². The van der Waals surface area contributed by atoms with Gasteiger partial charge in [-0.1, -0.05) is 24.4 Å². The number of thiocarbonyl (C=S) groups is 1. The van der Waals surface area contributed by atoms with Crippen molar-refractivity contribution in [3.63, 3.8) is 0 Å². The van der Waals surface area contributed by atoms with Crippen LogP contribution in [-0.4, -0.2) is 42.3 Å². The van der Waals surface area contributed by atoms with E-state index in [9.17, 15) is 8.42 Å². The first-order chi connectivity index (χ1) is 8.51. The lowest BCUT2D eigenvalue weighted by Crippen LogP contribution is -2.37. The van der Waals surface area contributed by atoms with Crippen molar-refractivity contribution in [1.29, 1.82) is 0 Å². The van der Waals surface area contributed by atoms with Gasteiger partial charge in [-0.2, -0.15) is 16.1 Å². The molecule has 1 fully saturated rings. The van der Waals surface area contributed by atoms with E-state index in [0.29, 0.717) is 18.7 Å². The van der Waals surface area contributed by atoms with Gasteiger partial charge < -0.3 is 5.73 Å². The van der Waals surface area contributed by atoms with Crippen LogP contribution in [0.2, 0.25) is 0 Å². The van der Waals surface area contributed by atoms with Crippen LogP contribution in [0.15, 0.2) is 29.2 Å². The number of rotatable bonds is 3. The number of thioether (sulfide) groups is 1. The Morgan fingerprint density at radius 2 is 2.00 bits per heavy atom. The zero-order valence-corrected chi connectivity index (χ0v) is 12.2. The molecule has 0 aliphatic carbocycles. The molecule has 1 aliphatic heterocycles. The molecule has 2 N–H and O–H groups in total. The van der Waals surface area contributed by atoms with Crippen LogP contribution in [0, 0.1) is 0 Å². The van der Waals surface area contributed by atoms with Crippen LogP contribution in [-0.2, 0) is 10.0 Å². The van der Waals surface area contributed by atoms with Gasteiger partial charge in [0.1, 0.15) is 4.99 Å². The molecule has 4 nitrogen and oxygen atoms in total. The molecular weight excluding hydrogens is 288 g/mol. The lowest BCUT2D eigenvalue weighted by atomic mass is 10.2. The second-order valence-electron chi connectivity index (χ2n) is 3.91. The van der Waals surface area contributed by atoms with E-state index in [1.807, 2.05) is 0 Å². The fourth-order valence-corrected chi connectivity index (χ4v) is 4.49. The zero-order chi connectivity index (χ0) is 13.2.